The van der Waals surface area contributed by atoms with E-state index < -0.39 is 11.5 Å². The van der Waals surface area contributed by atoms with Crippen LogP contribution in [0.4, 0.5) is 0 Å². The molecule has 1 aliphatic heterocycles. The third-order valence-electron chi connectivity index (χ3n) is 1.60. The number of hydrogen-bond donors (Lipinski definition) is 0. The molecule has 0 aromatic heterocycles. The van der Waals surface area contributed by atoms with Gasteiger partial charge >= 0.3 is 11.9 Å². The SMILES string of the molecule is CC(C)(C)OC(=O)[C@H]1COC(=O)C1. The molecular weight excluding hydrogens is 172 g/mol. The summed E-state index contributed by atoms with van der Waals surface area (Å²) >= 11 is 0. The summed E-state index contributed by atoms with van der Waals surface area (Å²) < 4.78 is 9.76. The maximum atomic E-state index is 11.4. The smallest absolute Gasteiger partial charge is 0.313 e. The Balaban J connectivity index is 2.45. The number of hydrogen-bond acceptors (Lipinski definition) is 4. The van der Waals surface area contributed by atoms with E-state index >= 15 is 0 Å². The molecule has 74 valence electrons. The minimum atomic E-state index is -0.497. The summed E-state index contributed by atoms with van der Waals surface area (Å²) in [6, 6.07) is 0. The lowest BCUT2D eigenvalue weighted by molar-refractivity contribution is -0.159. The highest BCUT2D eigenvalue weighted by atomic mass is 16.6. The van der Waals surface area contributed by atoms with Gasteiger partial charge in [-0.1, -0.05) is 0 Å². The van der Waals surface area contributed by atoms with Crippen LogP contribution in [0, 0.1) is 5.92 Å². The van der Waals surface area contributed by atoms with Crippen LogP contribution in [0.3, 0.4) is 0 Å². The Morgan fingerprint density at radius 1 is 1.54 bits per heavy atom. The summed E-state index contributed by atoms with van der Waals surface area (Å²) in [5, 5.41) is 0. The van der Waals surface area contributed by atoms with Crippen molar-refractivity contribution in [2.75, 3.05) is 6.61 Å². The topological polar surface area (TPSA) is 52.6 Å². The molecule has 0 bridgehead atoms. The standard InChI is InChI=1S/C9H14O4/c1-9(2,3)13-8(11)6-4-7(10)12-5-6/h6H,4-5H2,1-3H3/t6-/m1/s1. The second-order valence-corrected chi connectivity index (χ2v) is 4.12. The first kappa shape index (κ1) is 10.0. The van der Waals surface area contributed by atoms with Crippen molar-refractivity contribution in [2.45, 2.75) is 32.8 Å². The highest BCUT2D eigenvalue weighted by Crippen LogP contribution is 2.18. The van der Waals surface area contributed by atoms with Gasteiger partial charge in [-0.05, 0) is 20.8 Å². The van der Waals surface area contributed by atoms with Gasteiger partial charge < -0.3 is 9.47 Å². The van der Waals surface area contributed by atoms with Crippen molar-refractivity contribution in [3.05, 3.63) is 0 Å². The summed E-state index contributed by atoms with van der Waals surface area (Å²) in [6.45, 7) is 5.54. The van der Waals surface area contributed by atoms with Crippen molar-refractivity contribution >= 4 is 11.9 Å². The summed E-state index contributed by atoms with van der Waals surface area (Å²) in [7, 11) is 0. The van der Waals surface area contributed by atoms with Crippen molar-refractivity contribution in [1.82, 2.24) is 0 Å². The number of rotatable bonds is 1. The monoisotopic (exact) mass is 186 g/mol. The zero-order valence-electron chi connectivity index (χ0n) is 8.12. The lowest BCUT2D eigenvalue weighted by atomic mass is 10.1. The summed E-state index contributed by atoms with van der Waals surface area (Å²) in [6.07, 6.45) is 0.148. The molecule has 0 N–H and O–H groups in total. The molecule has 1 fully saturated rings. The first-order valence-electron chi connectivity index (χ1n) is 4.27. The van der Waals surface area contributed by atoms with E-state index in [0.29, 0.717) is 0 Å². The van der Waals surface area contributed by atoms with Crippen LogP contribution < -0.4 is 0 Å². The van der Waals surface area contributed by atoms with E-state index in [2.05, 4.69) is 4.74 Å². The van der Waals surface area contributed by atoms with Gasteiger partial charge in [-0.2, -0.15) is 0 Å². The fourth-order valence-corrected chi connectivity index (χ4v) is 1.05. The highest BCUT2D eigenvalue weighted by molar-refractivity contribution is 5.82. The van der Waals surface area contributed by atoms with Crippen LogP contribution in [0.25, 0.3) is 0 Å². The fourth-order valence-electron chi connectivity index (χ4n) is 1.05. The zero-order valence-corrected chi connectivity index (χ0v) is 8.12. The molecular formula is C9H14O4. The normalized spacial score (nSPS) is 22.7. The third-order valence-corrected chi connectivity index (χ3v) is 1.60. The van der Waals surface area contributed by atoms with Crippen molar-refractivity contribution in [1.29, 1.82) is 0 Å². The van der Waals surface area contributed by atoms with E-state index in [0.717, 1.165) is 0 Å². The Bertz CT molecular complexity index is 226. The maximum Gasteiger partial charge on any atom is 0.313 e. The predicted molar refractivity (Wildman–Crippen MR) is 44.9 cm³/mol. The predicted octanol–water partition coefficient (Wildman–Crippen LogP) is 0.891. The van der Waals surface area contributed by atoms with E-state index in [-0.39, 0.29) is 25.0 Å². The third kappa shape index (κ3) is 3.05. The van der Waals surface area contributed by atoms with Gasteiger partial charge in [0.15, 0.2) is 0 Å². The molecule has 4 heteroatoms. The Hall–Kier alpha value is -1.06. The van der Waals surface area contributed by atoms with Gasteiger partial charge in [0.2, 0.25) is 0 Å². The van der Waals surface area contributed by atoms with Crippen LogP contribution in [0.1, 0.15) is 27.2 Å². The van der Waals surface area contributed by atoms with Crippen LogP contribution in [0.5, 0.6) is 0 Å². The van der Waals surface area contributed by atoms with Crippen molar-refractivity contribution in [3.8, 4) is 0 Å². The molecule has 0 aromatic rings. The molecule has 1 saturated heterocycles. The molecule has 1 aliphatic rings. The molecule has 13 heavy (non-hydrogen) atoms. The van der Waals surface area contributed by atoms with Gasteiger partial charge in [0.25, 0.3) is 0 Å². The quantitative estimate of drug-likeness (QED) is 0.571. The van der Waals surface area contributed by atoms with Crippen LogP contribution in [0.2, 0.25) is 0 Å². The molecule has 1 heterocycles. The average Bonchev–Trinajstić information content (AvgIpc) is 2.31. The van der Waals surface area contributed by atoms with Crippen LogP contribution in [-0.2, 0) is 19.1 Å². The Morgan fingerprint density at radius 2 is 2.15 bits per heavy atom. The molecule has 0 amide bonds. The summed E-state index contributed by atoms with van der Waals surface area (Å²) in [5.74, 6) is -1.08. The van der Waals surface area contributed by atoms with Crippen molar-refractivity contribution < 1.29 is 19.1 Å². The Morgan fingerprint density at radius 3 is 2.54 bits per heavy atom. The molecule has 0 aromatic carbocycles. The van der Waals surface area contributed by atoms with Gasteiger partial charge in [-0.15, -0.1) is 0 Å². The highest BCUT2D eigenvalue weighted by Gasteiger charge is 2.33. The first-order valence-corrected chi connectivity index (χ1v) is 4.27. The number of esters is 2. The largest absolute Gasteiger partial charge is 0.465 e. The molecule has 1 rings (SSSR count). The second kappa shape index (κ2) is 3.36. The van der Waals surface area contributed by atoms with E-state index in [9.17, 15) is 9.59 Å². The Labute approximate surface area is 77.2 Å². The first-order chi connectivity index (χ1) is 5.88. The van der Waals surface area contributed by atoms with E-state index in [1.165, 1.54) is 0 Å². The maximum absolute atomic E-state index is 11.4. The minimum Gasteiger partial charge on any atom is -0.465 e. The van der Waals surface area contributed by atoms with Crippen LogP contribution >= 0.6 is 0 Å². The molecule has 0 saturated carbocycles. The number of ether oxygens (including phenoxy) is 2. The number of carbonyl (C=O) groups is 2. The molecule has 0 aliphatic carbocycles. The molecule has 0 radical (unpaired) electrons. The average molecular weight is 186 g/mol. The fraction of sp³-hybridized carbons (Fsp3) is 0.778. The lowest BCUT2D eigenvalue weighted by Gasteiger charge is -2.20. The van der Waals surface area contributed by atoms with Gasteiger partial charge in [0, 0.05) is 0 Å². The Kier molecular flexibility index (Phi) is 2.59. The molecule has 0 spiro atoms. The van der Waals surface area contributed by atoms with Crippen LogP contribution in [0.15, 0.2) is 0 Å². The zero-order chi connectivity index (χ0) is 10.1. The summed E-state index contributed by atoms with van der Waals surface area (Å²) in [4.78, 5) is 22.0. The van der Waals surface area contributed by atoms with Crippen molar-refractivity contribution in [3.63, 3.8) is 0 Å². The van der Waals surface area contributed by atoms with Gasteiger partial charge in [0.05, 0.1) is 6.42 Å². The van der Waals surface area contributed by atoms with Gasteiger partial charge in [-0.3, -0.25) is 9.59 Å². The second-order valence-electron chi connectivity index (χ2n) is 4.12. The number of carbonyl (C=O) groups excluding carboxylic acids is 2. The van der Waals surface area contributed by atoms with E-state index in [1.54, 1.807) is 20.8 Å². The molecule has 0 unspecified atom stereocenters. The van der Waals surface area contributed by atoms with Gasteiger partial charge in [0.1, 0.15) is 18.1 Å². The van der Waals surface area contributed by atoms with E-state index in [4.69, 9.17) is 4.74 Å². The lowest BCUT2D eigenvalue weighted by Crippen LogP contribution is -2.28. The minimum absolute atomic E-state index is 0.148. The van der Waals surface area contributed by atoms with Crippen LogP contribution in [-0.4, -0.2) is 24.1 Å². The van der Waals surface area contributed by atoms with Crippen molar-refractivity contribution in [2.24, 2.45) is 5.92 Å². The number of cyclic esters (lactones) is 1. The van der Waals surface area contributed by atoms with E-state index in [1.807, 2.05) is 0 Å². The summed E-state index contributed by atoms with van der Waals surface area (Å²) in [5.41, 5.74) is -0.497. The molecule has 1 atom stereocenters. The van der Waals surface area contributed by atoms with Gasteiger partial charge in [-0.25, -0.2) is 0 Å². The molecule has 4 nitrogen and oxygen atoms in total.